The summed E-state index contributed by atoms with van der Waals surface area (Å²) in [4.78, 5) is 14.0. The van der Waals surface area contributed by atoms with Crippen LogP contribution in [0.4, 0.5) is 0 Å². The molecule has 2 aliphatic rings. The summed E-state index contributed by atoms with van der Waals surface area (Å²) >= 11 is 1.49. The molecule has 2 aliphatic heterocycles. The van der Waals surface area contributed by atoms with Crippen molar-refractivity contribution in [1.29, 1.82) is 0 Å². The second kappa shape index (κ2) is 9.42. The monoisotopic (exact) mass is 514 g/mol. The van der Waals surface area contributed by atoms with E-state index in [1.165, 1.54) is 11.3 Å². The van der Waals surface area contributed by atoms with E-state index in [0.29, 0.717) is 29.6 Å². The zero-order valence-corrected chi connectivity index (χ0v) is 22.2. The summed E-state index contributed by atoms with van der Waals surface area (Å²) in [6.07, 6.45) is 4.07. The Balaban J connectivity index is 1.56. The zero-order valence-electron chi connectivity index (χ0n) is 21.4. The highest BCUT2D eigenvalue weighted by Crippen LogP contribution is 2.60. The molecule has 3 heterocycles. The Morgan fingerprint density at radius 2 is 1.46 bits per heavy atom. The molecule has 1 aromatic heterocycles. The fourth-order valence-electron chi connectivity index (χ4n) is 5.19. The molecular weight excluding hydrogens is 484 g/mol. The summed E-state index contributed by atoms with van der Waals surface area (Å²) in [6.45, 7) is 7.62. The number of hydrogen-bond donors (Lipinski definition) is 0. The van der Waals surface area contributed by atoms with Gasteiger partial charge >= 0.3 is 5.97 Å². The van der Waals surface area contributed by atoms with E-state index < -0.39 is 5.60 Å². The largest absolute Gasteiger partial charge is 0.493 e. The zero-order chi connectivity index (χ0) is 25.6. The second-order valence-electron chi connectivity index (χ2n) is 9.70. The standard InChI is InChI=1S/C31H30O5S/c1-4-6-14-33-20-9-11-23-25(17-20)35-26-18-21(34-15-7-5-2)10-12-24(26)31(23)28-22-16-19(3)8-13-27(22)37-29(28)30(32)36-31/h8-13,16-18H,4-7,14-15H2,1-3H3. The van der Waals surface area contributed by atoms with Gasteiger partial charge in [0.2, 0.25) is 0 Å². The Morgan fingerprint density at radius 3 is 2.05 bits per heavy atom. The molecule has 0 saturated carbocycles. The summed E-state index contributed by atoms with van der Waals surface area (Å²) < 4.78 is 25.9. The molecule has 0 amide bonds. The molecular formula is C31H30O5S. The molecule has 37 heavy (non-hydrogen) atoms. The van der Waals surface area contributed by atoms with E-state index in [9.17, 15) is 4.79 Å². The lowest BCUT2D eigenvalue weighted by molar-refractivity contribution is 0.0229. The van der Waals surface area contributed by atoms with Gasteiger partial charge in [-0.3, -0.25) is 0 Å². The first-order valence-electron chi connectivity index (χ1n) is 13.0. The van der Waals surface area contributed by atoms with Gasteiger partial charge in [-0.15, -0.1) is 11.3 Å². The summed E-state index contributed by atoms with van der Waals surface area (Å²) in [5, 5.41) is 1.04. The van der Waals surface area contributed by atoms with Gasteiger partial charge in [-0.05, 0) is 50.1 Å². The van der Waals surface area contributed by atoms with Crippen molar-refractivity contribution in [2.75, 3.05) is 13.2 Å². The first-order chi connectivity index (χ1) is 18.0. The van der Waals surface area contributed by atoms with Crippen LogP contribution in [0, 0.1) is 6.92 Å². The predicted octanol–water partition coefficient (Wildman–Crippen LogP) is 8.14. The van der Waals surface area contributed by atoms with E-state index in [-0.39, 0.29) is 5.97 Å². The molecule has 4 aromatic rings. The molecule has 0 atom stereocenters. The minimum Gasteiger partial charge on any atom is -0.493 e. The lowest BCUT2D eigenvalue weighted by Crippen LogP contribution is -2.33. The molecule has 6 heteroatoms. The number of thiophene rings is 1. The Morgan fingerprint density at radius 1 is 0.838 bits per heavy atom. The number of carbonyl (C=O) groups excluding carboxylic acids is 1. The van der Waals surface area contributed by atoms with Crippen LogP contribution >= 0.6 is 11.3 Å². The molecule has 190 valence electrons. The van der Waals surface area contributed by atoms with Crippen LogP contribution in [0.25, 0.3) is 10.1 Å². The molecule has 0 unspecified atom stereocenters. The highest BCUT2D eigenvalue weighted by atomic mass is 32.1. The smallest absolute Gasteiger partial charge is 0.350 e. The first kappa shape index (κ1) is 23.9. The van der Waals surface area contributed by atoms with E-state index in [2.05, 4.69) is 39.0 Å². The van der Waals surface area contributed by atoms with Gasteiger partial charge in [0.1, 0.15) is 27.9 Å². The van der Waals surface area contributed by atoms with Crippen molar-refractivity contribution in [2.45, 2.75) is 52.1 Å². The van der Waals surface area contributed by atoms with Gasteiger partial charge in [-0.1, -0.05) is 44.4 Å². The number of unbranched alkanes of at least 4 members (excludes halogenated alkanes) is 2. The summed E-state index contributed by atoms with van der Waals surface area (Å²) in [6, 6.07) is 18.0. The van der Waals surface area contributed by atoms with E-state index >= 15 is 0 Å². The van der Waals surface area contributed by atoms with Gasteiger partial charge in [0.25, 0.3) is 0 Å². The Labute approximate surface area is 220 Å². The van der Waals surface area contributed by atoms with Crippen LogP contribution in [0.3, 0.4) is 0 Å². The van der Waals surface area contributed by atoms with Crippen molar-refractivity contribution in [1.82, 2.24) is 0 Å². The number of rotatable bonds is 8. The third-order valence-corrected chi connectivity index (χ3v) is 8.20. The lowest BCUT2D eigenvalue weighted by atomic mass is 9.77. The lowest BCUT2D eigenvalue weighted by Gasteiger charge is -2.36. The van der Waals surface area contributed by atoms with Crippen molar-refractivity contribution in [2.24, 2.45) is 0 Å². The number of carbonyl (C=O) groups is 1. The predicted molar refractivity (Wildman–Crippen MR) is 146 cm³/mol. The second-order valence-corrected chi connectivity index (χ2v) is 10.8. The first-order valence-corrected chi connectivity index (χ1v) is 13.9. The van der Waals surface area contributed by atoms with E-state index in [1.807, 2.05) is 36.4 Å². The fourth-order valence-corrected chi connectivity index (χ4v) is 6.30. The van der Waals surface area contributed by atoms with Crippen LogP contribution in [-0.2, 0) is 10.3 Å². The van der Waals surface area contributed by atoms with Gasteiger partial charge in [-0.25, -0.2) is 4.79 Å². The van der Waals surface area contributed by atoms with Crippen LogP contribution in [0.5, 0.6) is 23.0 Å². The maximum atomic E-state index is 13.4. The maximum absolute atomic E-state index is 13.4. The van der Waals surface area contributed by atoms with Crippen LogP contribution in [0.2, 0.25) is 0 Å². The van der Waals surface area contributed by atoms with Gasteiger partial charge < -0.3 is 18.9 Å². The molecule has 3 aromatic carbocycles. The minimum absolute atomic E-state index is 0.306. The number of esters is 1. The van der Waals surface area contributed by atoms with Crippen molar-refractivity contribution in [3.8, 4) is 23.0 Å². The molecule has 0 radical (unpaired) electrons. The van der Waals surface area contributed by atoms with Crippen molar-refractivity contribution < 1.29 is 23.7 Å². The Hall–Kier alpha value is -3.51. The minimum atomic E-state index is -1.11. The average Bonchev–Trinajstić information content (AvgIpc) is 3.40. The van der Waals surface area contributed by atoms with E-state index in [1.54, 1.807) is 0 Å². The highest BCUT2D eigenvalue weighted by Gasteiger charge is 2.55. The van der Waals surface area contributed by atoms with Gasteiger partial charge in [0, 0.05) is 38.9 Å². The maximum Gasteiger partial charge on any atom is 0.350 e. The van der Waals surface area contributed by atoms with Gasteiger partial charge in [0.05, 0.1) is 13.2 Å². The van der Waals surface area contributed by atoms with Crippen molar-refractivity contribution >= 4 is 27.4 Å². The molecule has 0 aliphatic carbocycles. The third-order valence-electron chi connectivity index (χ3n) is 7.04. The van der Waals surface area contributed by atoms with E-state index in [0.717, 1.165) is 69.5 Å². The van der Waals surface area contributed by atoms with Gasteiger partial charge in [-0.2, -0.15) is 0 Å². The van der Waals surface area contributed by atoms with Gasteiger partial charge in [0.15, 0.2) is 5.60 Å². The Kier molecular flexibility index (Phi) is 6.07. The number of benzene rings is 3. The Bertz CT molecular complexity index is 1440. The summed E-state index contributed by atoms with van der Waals surface area (Å²) in [5.41, 5.74) is 2.53. The molecule has 0 N–H and O–H groups in total. The van der Waals surface area contributed by atoms with Crippen LogP contribution < -0.4 is 14.2 Å². The number of aryl methyl sites for hydroxylation is 1. The topological polar surface area (TPSA) is 54.0 Å². The molecule has 0 fully saturated rings. The normalized spacial score (nSPS) is 14.6. The van der Waals surface area contributed by atoms with Crippen LogP contribution in [0.1, 0.15) is 71.5 Å². The van der Waals surface area contributed by atoms with Crippen LogP contribution in [0.15, 0.2) is 54.6 Å². The molecule has 5 nitrogen and oxygen atoms in total. The summed E-state index contributed by atoms with van der Waals surface area (Å²) in [7, 11) is 0. The SMILES string of the molecule is CCCCOc1ccc2c(c1)Oc1cc(OCCCC)ccc1C21OC(=O)c2sc3ccc(C)cc3c21. The van der Waals surface area contributed by atoms with Crippen molar-refractivity contribution in [3.05, 3.63) is 81.7 Å². The quantitative estimate of drug-likeness (QED) is 0.175. The summed E-state index contributed by atoms with van der Waals surface area (Å²) in [5.74, 6) is 2.41. The fraction of sp³-hybridized carbons (Fsp3) is 0.323. The molecule has 1 spiro atoms. The average molecular weight is 515 g/mol. The molecule has 6 rings (SSSR count). The van der Waals surface area contributed by atoms with Crippen LogP contribution in [-0.4, -0.2) is 19.2 Å². The van der Waals surface area contributed by atoms with Crippen molar-refractivity contribution in [3.63, 3.8) is 0 Å². The van der Waals surface area contributed by atoms with E-state index in [4.69, 9.17) is 18.9 Å². The molecule has 0 saturated heterocycles. The third kappa shape index (κ3) is 3.86. The molecule has 0 bridgehead atoms. The number of hydrogen-bond acceptors (Lipinski definition) is 6. The highest BCUT2D eigenvalue weighted by molar-refractivity contribution is 7.21. The number of fused-ring (bicyclic) bond motifs is 8. The number of ether oxygens (including phenoxy) is 4.